The van der Waals surface area contributed by atoms with Gasteiger partial charge in [0.2, 0.25) is 9.84 Å². The first-order valence-corrected chi connectivity index (χ1v) is 11.1. The van der Waals surface area contributed by atoms with Crippen LogP contribution in [0.4, 0.5) is 23.2 Å². The van der Waals surface area contributed by atoms with Crippen molar-refractivity contribution in [1.82, 2.24) is 10.3 Å². The predicted molar refractivity (Wildman–Crippen MR) is 110 cm³/mol. The van der Waals surface area contributed by atoms with Gasteiger partial charge in [0.15, 0.2) is 5.69 Å². The monoisotopic (exact) mass is 493 g/mol. The number of alkyl halides is 3. The van der Waals surface area contributed by atoms with E-state index < -0.39 is 49.2 Å². The third-order valence-corrected chi connectivity index (χ3v) is 5.98. The van der Waals surface area contributed by atoms with Crippen molar-refractivity contribution in [2.24, 2.45) is 5.92 Å². The summed E-state index contributed by atoms with van der Waals surface area (Å²) < 4.78 is 82.8. The molecule has 0 aliphatic rings. The van der Waals surface area contributed by atoms with Gasteiger partial charge in [0, 0.05) is 19.3 Å². The highest BCUT2D eigenvalue weighted by atomic mass is 32.2. The second-order valence-electron chi connectivity index (χ2n) is 7.55. The molecule has 1 atom stereocenters. The van der Waals surface area contributed by atoms with Gasteiger partial charge in [-0.1, -0.05) is 13.8 Å². The van der Waals surface area contributed by atoms with Gasteiger partial charge in [-0.15, -0.1) is 0 Å². The number of carbonyl (C=O) groups excluding carboxylic acids is 1. The minimum Gasteiger partial charge on any atom is -0.397 e. The van der Waals surface area contributed by atoms with Crippen molar-refractivity contribution in [3.63, 3.8) is 0 Å². The fourth-order valence-corrected chi connectivity index (χ4v) is 3.90. The zero-order valence-corrected chi connectivity index (χ0v) is 18.5. The summed E-state index contributed by atoms with van der Waals surface area (Å²) >= 11 is 0. The smallest absolute Gasteiger partial charge is 0.397 e. The molecule has 0 saturated carbocycles. The third kappa shape index (κ3) is 6.85. The van der Waals surface area contributed by atoms with Gasteiger partial charge in [-0.05, 0) is 30.2 Å². The first kappa shape index (κ1) is 26.5. The van der Waals surface area contributed by atoms with Crippen molar-refractivity contribution < 1.29 is 40.6 Å². The Balaban J connectivity index is 2.15. The summed E-state index contributed by atoms with van der Waals surface area (Å²) in [7, 11) is -4.61. The quantitative estimate of drug-likeness (QED) is 0.457. The van der Waals surface area contributed by atoms with Crippen molar-refractivity contribution in [2.75, 3.05) is 25.5 Å². The van der Waals surface area contributed by atoms with Crippen LogP contribution < -0.4 is 11.1 Å². The number of rotatable bonds is 9. The van der Waals surface area contributed by atoms with E-state index in [1.54, 1.807) is 0 Å². The number of benzene rings is 1. The van der Waals surface area contributed by atoms with E-state index in [4.69, 9.17) is 10.5 Å². The molecule has 0 bridgehead atoms. The van der Waals surface area contributed by atoms with Crippen LogP contribution in [0.3, 0.4) is 0 Å². The first-order chi connectivity index (χ1) is 15.2. The van der Waals surface area contributed by atoms with E-state index in [0.717, 1.165) is 12.3 Å². The SMILES string of the molecule is CC(C)COCC(O)CNC(=O)c1ncc(S(=O)(=O)c2ccc(C(F)(F)F)cc2F)cc1N. The lowest BCUT2D eigenvalue weighted by Crippen LogP contribution is -2.35. The van der Waals surface area contributed by atoms with Crippen LogP contribution in [0.15, 0.2) is 40.3 Å². The Hall–Kier alpha value is -2.77. The molecular formula is C20H23F4N3O5S. The molecule has 2 rings (SSSR count). The first-order valence-electron chi connectivity index (χ1n) is 9.64. The van der Waals surface area contributed by atoms with E-state index in [2.05, 4.69) is 10.3 Å². The maximum atomic E-state index is 14.1. The highest BCUT2D eigenvalue weighted by molar-refractivity contribution is 7.91. The van der Waals surface area contributed by atoms with E-state index in [-0.39, 0.29) is 36.5 Å². The molecule has 0 aliphatic heterocycles. The minimum atomic E-state index is -4.85. The number of aromatic nitrogens is 1. The summed E-state index contributed by atoms with van der Waals surface area (Å²) in [6.07, 6.45) is -5.12. The van der Waals surface area contributed by atoms with Crippen LogP contribution in [0.5, 0.6) is 0 Å². The number of aliphatic hydroxyl groups is 1. The number of hydrogen-bond acceptors (Lipinski definition) is 7. The summed E-state index contributed by atoms with van der Waals surface area (Å²) in [6.45, 7) is 4.08. The van der Waals surface area contributed by atoms with E-state index in [9.17, 15) is 35.9 Å². The van der Waals surface area contributed by atoms with Crippen LogP contribution in [0.2, 0.25) is 0 Å². The maximum absolute atomic E-state index is 14.1. The Bertz CT molecular complexity index is 1110. The van der Waals surface area contributed by atoms with Gasteiger partial charge in [-0.2, -0.15) is 13.2 Å². The number of carbonyl (C=O) groups is 1. The summed E-state index contributed by atoms with van der Waals surface area (Å²) in [5.74, 6) is -2.14. The Morgan fingerprint density at radius 2 is 1.91 bits per heavy atom. The van der Waals surface area contributed by atoms with Crippen molar-refractivity contribution in [2.45, 2.75) is 35.9 Å². The molecule has 1 amide bonds. The molecule has 0 aliphatic carbocycles. The van der Waals surface area contributed by atoms with Crippen molar-refractivity contribution in [3.8, 4) is 0 Å². The molecule has 8 nitrogen and oxygen atoms in total. The maximum Gasteiger partial charge on any atom is 0.416 e. The molecule has 1 unspecified atom stereocenters. The van der Waals surface area contributed by atoms with Crippen LogP contribution in [0, 0.1) is 11.7 Å². The number of hydrogen-bond donors (Lipinski definition) is 3. The highest BCUT2D eigenvalue weighted by Gasteiger charge is 2.33. The lowest BCUT2D eigenvalue weighted by atomic mass is 10.2. The minimum absolute atomic E-state index is 0.0166. The molecule has 33 heavy (non-hydrogen) atoms. The number of halogens is 4. The topological polar surface area (TPSA) is 132 Å². The Morgan fingerprint density at radius 3 is 2.45 bits per heavy atom. The zero-order valence-electron chi connectivity index (χ0n) is 17.7. The van der Waals surface area contributed by atoms with Crippen LogP contribution in [-0.2, 0) is 20.8 Å². The van der Waals surface area contributed by atoms with Crippen LogP contribution in [0.25, 0.3) is 0 Å². The number of ether oxygens (including phenoxy) is 1. The number of amides is 1. The highest BCUT2D eigenvalue weighted by Crippen LogP contribution is 2.32. The van der Waals surface area contributed by atoms with E-state index >= 15 is 0 Å². The second kappa shape index (κ2) is 10.4. The standard InChI is InChI=1S/C20H23F4N3O5S/c1-11(2)9-32-10-13(28)7-27-19(29)18-16(25)6-14(8-26-18)33(30,31)17-4-3-12(5-15(17)21)20(22,23)24/h3-6,8,11,13,28H,7,9-10,25H2,1-2H3,(H,27,29). The van der Waals surface area contributed by atoms with E-state index in [1.807, 2.05) is 13.8 Å². The number of nitrogens with one attached hydrogen (secondary N) is 1. The molecule has 0 spiro atoms. The molecular weight excluding hydrogens is 470 g/mol. The van der Waals surface area contributed by atoms with Crippen LogP contribution in [0.1, 0.15) is 29.9 Å². The molecule has 182 valence electrons. The second-order valence-corrected chi connectivity index (χ2v) is 9.47. The van der Waals surface area contributed by atoms with Gasteiger partial charge in [-0.3, -0.25) is 4.79 Å². The number of nitrogens with two attached hydrogens (primary N) is 1. The number of nitrogens with zero attached hydrogens (tertiary/aromatic N) is 1. The van der Waals surface area contributed by atoms with Crippen LogP contribution in [-0.4, -0.2) is 50.3 Å². The third-order valence-electron chi connectivity index (χ3n) is 4.23. The molecule has 0 fully saturated rings. The Kier molecular flexibility index (Phi) is 8.38. The average Bonchev–Trinajstić information content (AvgIpc) is 2.70. The summed E-state index contributed by atoms with van der Waals surface area (Å²) in [5.41, 5.74) is 3.65. The van der Waals surface area contributed by atoms with Gasteiger partial charge >= 0.3 is 6.18 Å². The summed E-state index contributed by atoms with van der Waals surface area (Å²) in [4.78, 5) is 14.3. The average molecular weight is 493 g/mol. The fourth-order valence-electron chi connectivity index (χ4n) is 2.61. The van der Waals surface area contributed by atoms with Gasteiger partial charge in [0.1, 0.15) is 10.7 Å². The molecule has 1 heterocycles. The predicted octanol–water partition coefficient (Wildman–Crippen LogP) is 2.42. The number of nitrogen functional groups attached to an aromatic ring is 1. The molecule has 0 saturated heterocycles. The van der Waals surface area contributed by atoms with Crippen molar-refractivity contribution in [1.29, 1.82) is 0 Å². The van der Waals surface area contributed by atoms with Crippen molar-refractivity contribution in [3.05, 3.63) is 47.5 Å². The van der Waals surface area contributed by atoms with Gasteiger partial charge in [0.25, 0.3) is 5.91 Å². The normalized spacial score (nSPS) is 13.2. The molecule has 1 aromatic heterocycles. The van der Waals surface area contributed by atoms with E-state index in [1.165, 1.54) is 0 Å². The van der Waals surface area contributed by atoms with Gasteiger partial charge in [0.05, 0.1) is 28.9 Å². The Labute approximate surface area is 187 Å². The molecule has 0 radical (unpaired) electrons. The summed E-state index contributed by atoms with van der Waals surface area (Å²) in [6, 6.07) is 1.84. The molecule has 2 aromatic rings. The summed E-state index contributed by atoms with van der Waals surface area (Å²) in [5, 5.41) is 12.2. The van der Waals surface area contributed by atoms with E-state index in [0.29, 0.717) is 18.7 Å². The van der Waals surface area contributed by atoms with Gasteiger partial charge in [-0.25, -0.2) is 17.8 Å². The lowest BCUT2D eigenvalue weighted by Gasteiger charge is -2.14. The molecule has 13 heteroatoms. The number of anilines is 1. The van der Waals surface area contributed by atoms with Crippen molar-refractivity contribution >= 4 is 21.4 Å². The lowest BCUT2D eigenvalue weighted by molar-refractivity contribution is -0.137. The number of pyridine rings is 1. The number of aliphatic hydroxyl groups excluding tert-OH is 1. The largest absolute Gasteiger partial charge is 0.416 e. The van der Waals surface area contributed by atoms with Gasteiger partial charge < -0.3 is 20.9 Å². The van der Waals surface area contributed by atoms with Crippen LogP contribution >= 0.6 is 0 Å². The number of sulfone groups is 1. The molecule has 1 aromatic carbocycles. The molecule has 4 N–H and O–H groups in total. The fraction of sp³-hybridized carbons (Fsp3) is 0.400. The zero-order chi connectivity index (χ0) is 25.0. The Morgan fingerprint density at radius 1 is 1.24 bits per heavy atom.